The minimum atomic E-state index is -0.284. The van der Waals surface area contributed by atoms with Gasteiger partial charge in [0.05, 0.1) is 6.04 Å². The standard InChI is InChI=1S/C14H21FN2O/c1-4-5-10-16-14(18)17(3)11(2)12-8-6-7-9-13(12)15/h6-9,11H,4-5,10H2,1-3H3,(H,16,18). The van der Waals surface area contributed by atoms with E-state index in [4.69, 9.17) is 0 Å². The fourth-order valence-electron chi connectivity index (χ4n) is 1.70. The third-order valence-electron chi connectivity index (χ3n) is 3.06. The lowest BCUT2D eigenvalue weighted by molar-refractivity contribution is 0.193. The number of urea groups is 1. The van der Waals surface area contributed by atoms with Gasteiger partial charge in [-0.2, -0.15) is 0 Å². The summed E-state index contributed by atoms with van der Waals surface area (Å²) in [6.07, 6.45) is 1.99. The quantitative estimate of drug-likeness (QED) is 0.801. The van der Waals surface area contributed by atoms with E-state index in [1.807, 2.05) is 6.92 Å². The van der Waals surface area contributed by atoms with Crippen LogP contribution in [-0.2, 0) is 0 Å². The molecule has 1 aromatic rings. The SMILES string of the molecule is CCCCNC(=O)N(C)C(C)c1ccccc1F. The highest BCUT2D eigenvalue weighted by Crippen LogP contribution is 2.21. The Hall–Kier alpha value is -1.58. The number of halogens is 1. The molecule has 100 valence electrons. The molecule has 0 aliphatic heterocycles. The highest BCUT2D eigenvalue weighted by atomic mass is 19.1. The summed E-state index contributed by atoms with van der Waals surface area (Å²) in [5.74, 6) is -0.279. The molecule has 0 spiro atoms. The van der Waals surface area contributed by atoms with Crippen LogP contribution in [0.5, 0.6) is 0 Å². The van der Waals surface area contributed by atoms with Crippen LogP contribution in [0.4, 0.5) is 9.18 Å². The van der Waals surface area contributed by atoms with E-state index in [0.717, 1.165) is 12.8 Å². The Balaban J connectivity index is 2.63. The Morgan fingerprint density at radius 2 is 2.11 bits per heavy atom. The van der Waals surface area contributed by atoms with Crippen LogP contribution in [0.3, 0.4) is 0 Å². The summed E-state index contributed by atoms with van der Waals surface area (Å²) in [6, 6.07) is 6.08. The topological polar surface area (TPSA) is 32.3 Å². The zero-order valence-corrected chi connectivity index (χ0v) is 11.2. The molecule has 0 aliphatic rings. The van der Waals surface area contributed by atoms with E-state index in [-0.39, 0.29) is 17.9 Å². The van der Waals surface area contributed by atoms with Crippen molar-refractivity contribution in [3.05, 3.63) is 35.6 Å². The molecular formula is C14H21FN2O. The highest BCUT2D eigenvalue weighted by molar-refractivity contribution is 5.74. The molecule has 1 rings (SSSR count). The third kappa shape index (κ3) is 3.72. The molecule has 1 aromatic carbocycles. The van der Waals surface area contributed by atoms with Gasteiger partial charge in [-0.15, -0.1) is 0 Å². The van der Waals surface area contributed by atoms with E-state index in [9.17, 15) is 9.18 Å². The Labute approximate surface area is 108 Å². The van der Waals surface area contributed by atoms with Gasteiger partial charge in [-0.1, -0.05) is 31.5 Å². The third-order valence-corrected chi connectivity index (χ3v) is 3.06. The minimum absolute atomic E-state index is 0.167. The highest BCUT2D eigenvalue weighted by Gasteiger charge is 2.19. The molecule has 0 radical (unpaired) electrons. The number of amides is 2. The predicted molar refractivity (Wildman–Crippen MR) is 70.9 cm³/mol. The molecular weight excluding hydrogens is 231 g/mol. The molecule has 0 heterocycles. The fraction of sp³-hybridized carbons (Fsp3) is 0.500. The van der Waals surface area contributed by atoms with Crippen LogP contribution in [0.15, 0.2) is 24.3 Å². The maximum absolute atomic E-state index is 13.6. The van der Waals surface area contributed by atoms with Crippen molar-refractivity contribution in [3.8, 4) is 0 Å². The van der Waals surface area contributed by atoms with Gasteiger partial charge in [-0.3, -0.25) is 0 Å². The Morgan fingerprint density at radius 3 is 2.72 bits per heavy atom. The Kier molecular flexibility index (Phi) is 5.62. The summed E-state index contributed by atoms with van der Waals surface area (Å²) in [5, 5.41) is 2.82. The van der Waals surface area contributed by atoms with E-state index >= 15 is 0 Å². The van der Waals surface area contributed by atoms with Gasteiger partial charge < -0.3 is 10.2 Å². The van der Waals surface area contributed by atoms with Crippen LogP contribution < -0.4 is 5.32 Å². The first-order chi connectivity index (χ1) is 8.57. The monoisotopic (exact) mass is 252 g/mol. The van der Waals surface area contributed by atoms with Gasteiger partial charge in [0.25, 0.3) is 0 Å². The molecule has 0 saturated heterocycles. The normalized spacial score (nSPS) is 12.0. The van der Waals surface area contributed by atoms with E-state index in [1.165, 1.54) is 11.0 Å². The molecule has 1 unspecified atom stereocenters. The molecule has 0 fully saturated rings. The van der Waals surface area contributed by atoms with Gasteiger partial charge in [0.15, 0.2) is 0 Å². The van der Waals surface area contributed by atoms with E-state index < -0.39 is 0 Å². The second kappa shape index (κ2) is 6.99. The number of unbranched alkanes of at least 4 members (excludes halogenated alkanes) is 1. The van der Waals surface area contributed by atoms with Crippen molar-refractivity contribution in [3.63, 3.8) is 0 Å². The van der Waals surface area contributed by atoms with Gasteiger partial charge in [0.1, 0.15) is 5.82 Å². The zero-order valence-electron chi connectivity index (χ0n) is 11.2. The smallest absolute Gasteiger partial charge is 0.317 e. The second-order valence-corrected chi connectivity index (χ2v) is 4.39. The summed E-state index contributed by atoms with van der Waals surface area (Å²) in [5.41, 5.74) is 0.533. The van der Waals surface area contributed by atoms with Crippen LogP contribution in [0.25, 0.3) is 0 Å². The number of rotatable bonds is 5. The minimum Gasteiger partial charge on any atom is -0.338 e. The second-order valence-electron chi connectivity index (χ2n) is 4.39. The molecule has 3 nitrogen and oxygen atoms in total. The molecule has 1 N–H and O–H groups in total. The van der Waals surface area contributed by atoms with Crippen LogP contribution in [0.1, 0.15) is 38.3 Å². The largest absolute Gasteiger partial charge is 0.338 e. The molecule has 0 aromatic heterocycles. The van der Waals surface area contributed by atoms with Gasteiger partial charge in [0.2, 0.25) is 0 Å². The molecule has 18 heavy (non-hydrogen) atoms. The Bertz CT molecular complexity index is 395. The van der Waals surface area contributed by atoms with Gasteiger partial charge in [-0.05, 0) is 19.4 Å². The number of carbonyl (C=O) groups excluding carboxylic acids is 1. The van der Waals surface area contributed by atoms with Crippen LogP contribution in [0.2, 0.25) is 0 Å². The number of carbonyl (C=O) groups is 1. The van der Waals surface area contributed by atoms with Gasteiger partial charge in [0, 0.05) is 19.2 Å². The molecule has 0 bridgehead atoms. The maximum Gasteiger partial charge on any atom is 0.317 e. The summed E-state index contributed by atoms with van der Waals surface area (Å²) in [6.45, 7) is 4.54. The number of nitrogens with one attached hydrogen (secondary N) is 1. The summed E-state index contributed by atoms with van der Waals surface area (Å²) >= 11 is 0. The number of hydrogen-bond acceptors (Lipinski definition) is 1. The Morgan fingerprint density at radius 1 is 1.44 bits per heavy atom. The predicted octanol–water partition coefficient (Wildman–Crippen LogP) is 3.33. The fourth-order valence-corrected chi connectivity index (χ4v) is 1.70. The molecule has 1 atom stereocenters. The lowest BCUT2D eigenvalue weighted by Gasteiger charge is -2.25. The molecule has 4 heteroatoms. The van der Waals surface area contributed by atoms with E-state index in [0.29, 0.717) is 12.1 Å². The summed E-state index contributed by atoms with van der Waals surface area (Å²) in [7, 11) is 1.68. The van der Waals surface area contributed by atoms with Crippen molar-refractivity contribution in [1.29, 1.82) is 0 Å². The summed E-state index contributed by atoms with van der Waals surface area (Å²) in [4.78, 5) is 13.4. The van der Waals surface area contributed by atoms with Crippen molar-refractivity contribution < 1.29 is 9.18 Å². The lowest BCUT2D eigenvalue weighted by Crippen LogP contribution is -2.39. The molecule has 0 aliphatic carbocycles. The first-order valence-corrected chi connectivity index (χ1v) is 6.33. The first-order valence-electron chi connectivity index (χ1n) is 6.33. The van der Waals surface area contributed by atoms with E-state index in [2.05, 4.69) is 12.2 Å². The van der Waals surface area contributed by atoms with E-state index in [1.54, 1.807) is 25.2 Å². The van der Waals surface area contributed by atoms with Crippen molar-refractivity contribution >= 4 is 6.03 Å². The van der Waals surface area contributed by atoms with Crippen molar-refractivity contribution in [2.75, 3.05) is 13.6 Å². The van der Waals surface area contributed by atoms with Crippen molar-refractivity contribution in [2.45, 2.75) is 32.7 Å². The first kappa shape index (κ1) is 14.5. The van der Waals surface area contributed by atoms with Crippen LogP contribution in [0, 0.1) is 5.82 Å². The van der Waals surface area contributed by atoms with Gasteiger partial charge >= 0.3 is 6.03 Å². The van der Waals surface area contributed by atoms with Crippen molar-refractivity contribution in [1.82, 2.24) is 10.2 Å². The average Bonchev–Trinajstić information content (AvgIpc) is 2.38. The maximum atomic E-state index is 13.6. The molecule has 2 amide bonds. The average molecular weight is 252 g/mol. The molecule has 0 saturated carbocycles. The number of benzene rings is 1. The van der Waals surface area contributed by atoms with Crippen LogP contribution >= 0.6 is 0 Å². The van der Waals surface area contributed by atoms with Crippen LogP contribution in [-0.4, -0.2) is 24.5 Å². The van der Waals surface area contributed by atoms with Gasteiger partial charge in [-0.25, -0.2) is 9.18 Å². The zero-order chi connectivity index (χ0) is 13.5. The summed E-state index contributed by atoms with van der Waals surface area (Å²) < 4.78 is 13.6. The van der Waals surface area contributed by atoms with Crippen molar-refractivity contribution in [2.24, 2.45) is 0 Å². The number of hydrogen-bond donors (Lipinski definition) is 1. The number of nitrogens with zero attached hydrogens (tertiary/aromatic N) is 1. The lowest BCUT2D eigenvalue weighted by atomic mass is 10.1.